The third-order valence-corrected chi connectivity index (χ3v) is 4.36. The largest absolute Gasteiger partial charge is 0.347 e. The normalized spacial score (nSPS) is 11.0. The number of hydrogen-bond donors (Lipinski definition) is 1. The number of nitrogens with zero attached hydrogens (tertiary/aromatic N) is 4. The molecule has 7 heteroatoms. The predicted molar refractivity (Wildman–Crippen MR) is 88.8 cm³/mol. The van der Waals surface area contributed by atoms with Crippen molar-refractivity contribution in [3.05, 3.63) is 52.4 Å². The first kappa shape index (κ1) is 15.5. The average molecular weight is 329 g/mol. The maximum atomic E-state index is 13.3. The van der Waals surface area contributed by atoms with Gasteiger partial charge in [-0.25, -0.2) is 14.4 Å². The van der Waals surface area contributed by atoms with Crippen LogP contribution in [0.4, 0.5) is 10.3 Å². The van der Waals surface area contributed by atoms with Crippen LogP contribution < -0.4 is 5.32 Å². The number of benzene rings is 1. The molecule has 2 heterocycles. The lowest BCUT2D eigenvalue weighted by molar-refractivity contribution is 0.628. The van der Waals surface area contributed by atoms with Gasteiger partial charge in [0.2, 0.25) is 5.95 Å². The minimum atomic E-state index is -0.306. The monoisotopic (exact) mass is 329 g/mol. The summed E-state index contributed by atoms with van der Waals surface area (Å²) in [5.74, 6) is 0.508. The molecule has 0 atom stereocenters. The first-order valence-corrected chi connectivity index (χ1v) is 8.13. The zero-order chi connectivity index (χ0) is 16.2. The van der Waals surface area contributed by atoms with E-state index in [4.69, 9.17) is 0 Å². The number of halogens is 1. The molecule has 1 aromatic carbocycles. The predicted octanol–water partition coefficient (Wildman–Crippen LogP) is 3.87. The van der Waals surface area contributed by atoms with Crippen LogP contribution in [0.1, 0.15) is 30.5 Å². The van der Waals surface area contributed by atoms with Gasteiger partial charge in [-0.2, -0.15) is 5.10 Å². The molecule has 23 heavy (non-hydrogen) atoms. The zero-order valence-corrected chi connectivity index (χ0v) is 13.6. The van der Waals surface area contributed by atoms with E-state index in [0.29, 0.717) is 29.7 Å². The van der Waals surface area contributed by atoms with Gasteiger partial charge in [-0.3, -0.25) is 0 Å². The molecule has 0 saturated heterocycles. The highest BCUT2D eigenvalue weighted by atomic mass is 32.1. The van der Waals surface area contributed by atoms with Gasteiger partial charge >= 0.3 is 0 Å². The molecule has 1 N–H and O–H groups in total. The van der Waals surface area contributed by atoms with Crippen LogP contribution in [0.3, 0.4) is 0 Å². The van der Waals surface area contributed by atoms with E-state index in [1.54, 1.807) is 23.5 Å². The van der Waals surface area contributed by atoms with Crippen LogP contribution in [0.2, 0.25) is 0 Å². The second kappa shape index (κ2) is 6.78. The van der Waals surface area contributed by atoms with Gasteiger partial charge in [-0.15, -0.1) is 16.4 Å². The smallest absolute Gasteiger partial charge is 0.243 e. The molecule has 0 bridgehead atoms. The van der Waals surface area contributed by atoms with E-state index < -0.39 is 0 Å². The van der Waals surface area contributed by atoms with Gasteiger partial charge in [-0.1, -0.05) is 26.0 Å². The van der Waals surface area contributed by atoms with Gasteiger partial charge in [-0.05, 0) is 12.1 Å². The lowest BCUT2D eigenvalue weighted by Gasteiger charge is -2.05. The van der Waals surface area contributed by atoms with Crippen molar-refractivity contribution in [2.75, 3.05) is 5.32 Å². The Hall–Kier alpha value is -2.41. The van der Waals surface area contributed by atoms with Crippen molar-refractivity contribution in [3.63, 3.8) is 0 Å². The van der Waals surface area contributed by atoms with E-state index in [1.165, 1.54) is 18.3 Å². The number of hydrogen-bond acceptors (Lipinski definition) is 6. The van der Waals surface area contributed by atoms with Gasteiger partial charge in [0, 0.05) is 16.9 Å². The van der Waals surface area contributed by atoms with E-state index in [1.807, 2.05) is 5.38 Å². The molecule has 0 aliphatic heterocycles. The summed E-state index contributed by atoms with van der Waals surface area (Å²) in [6.07, 6.45) is 1.51. The Labute approximate surface area is 137 Å². The number of aromatic nitrogens is 4. The Bertz CT molecular complexity index is 802. The van der Waals surface area contributed by atoms with E-state index in [9.17, 15) is 4.39 Å². The highest BCUT2D eigenvalue weighted by Gasteiger charge is 2.07. The summed E-state index contributed by atoms with van der Waals surface area (Å²) in [6.45, 7) is 4.76. The molecule has 0 fully saturated rings. The average Bonchev–Trinajstić information content (AvgIpc) is 3.02. The van der Waals surface area contributed by atoms with Crippen molar-refractivity contribution >= 4 is 17.3 Å². The van der Waals surface area contributed by atoms with E-state index >= 15 is 0 Å². The molecule has 0 unspecified atom stereocenters. The molecule has 3 aromatic rings. The number of anilines is 1. The van der Waals surface area contributed by atoms with Crippen LogP contribution in [0.25, 0.3) is 11.3 Å². The SMILES string of the molecule is CC(C)c1nc(CNc2nncc(-c3cccc(F)c3)n2)cs1. The Morgan fingerprint density at radius 1 is 1.26 bits per heavy atom. The number of nitrogens with one attached hydrogen (secondary N) is 1. The van der Waals surface area contributed by atoms with Crippen molar-refractivity contribution in [1.82, 2.24) is 20.2 Å². The van der Waals surface area contributed by atoms with Gasteiger partial charge in [0.05, 0.1) is 29.1 Å². The highest BCUT2D eigenvalue weighted by molar-refractivity contribution is 7.09. The third-order valence-electron chi connectivity index (χ3n) is 3.17. The summed E-state index contributed by atoms with van der Waals surface area (Å²) in [5, 5.41) is 14.1. The molecule has 3 rings (SSSR count). The van der Waals surface area contributed by atoms with Crippen LogP contribution in [-0.4, -0.2) is 20.2 Å². The third kappa shape index (κ3) is 3.87. The fourth-order valence-corrected chi connectivity index (χ4v) is 2.84. The quantitative estimate of drug-likeness (QED) is 0.770. The molecule has 2 aromatic heterocycles. The standard InChI is InChI=1S/C16H16FN5S/c1-10(2)15-20-13(9-23-15)7-18-16-21-14(8-19-22-16)11-4-3-5-12(17)6-11/h3-6,8-10H,7H2,1-2H3,(H,18,21,22). The Kier molecular flexibility index (Phi) is 4.57. The fraction of sp³-hybridized carbons (Fsp3) is 0.250. The number of rotatable bonds is 5. The first-order valence-electron chi connectivity index (χ1n) is 7.25. The van der Waals surface area contributed by atoms with Crippen LogP contribution >= 0.6 is 11.3 Å². The molecule has 0 spiro atoms. The van der Waals surface area contributed by atoms with Crippen LogP contribution in [0.15, 0.2) is 35.8 Å². The van der Waals surface area contributed by atoms with Crippen molar-refractivity contribution in [2.24, 2.45) is 0 Å². The Morgan fingerprint density at radius 2 is 2.13 bits per heavy atom. The Balaban J connectivity index is 1.72. The van der Waals surface area contributed by atoms with Crippen molar-refractivity contribution in [3.8, 4) is 11.3 Å². The van der Waals surface area contributed by atoms with Crippen molar-refractivity contribution in [1.29, 1.82) is 0 Å². The fourth-order valence-electron chi connectivity index (χ4n) is 2.00. The summed E-state index contributed by atoms with van der Waals surface area (Å²) in [5.41, 5.74) is 2.18. The molecule has 0 saturated carbocycles. The lowest BCUT2D eigenvalue weighted by atomic mass is 10.2. The van der Waals surface area contributed by atoms with E-state index in [-0.39, 0.29) is 5.82 Å². The van der Waals surface area contributed by atoms with E-state index in [0.717, 1.165) is 10.7 Å². The minimum absolute atomic E-state index is 0.306. The van der Waals surface area contributed by atoms with Gasteiger partial charge in [0.15, 0.2) is 0 Å². The minimum Gasteiger partial charge on any atom is -0.347 e. The molecular weight excluding hydrogens is 313 g/mol. The molecule has 5 nitrogen and oxygen atoms in total. The molecule has 0 aliphatic rings. The summed E-state index contributed by atoms with van der Waals surface area (Å²) < 4.78 is 13.3. The van der Waals surface area contributed by atoms with Gasteiger partial charge in [0.25, 0.3) is 0 Å². The summed E-state index contributed by atoms with van der Waals surface area (Å²) in [7, 11) is 0. The van der Waals surface area contributed by atoms with Crippen LogP contribution in [0, 0.1) is 5.82 Å². The number of thiazole rings is 1. The van der Waals surface area contributed by atoms with Crippen molar-refractivity contribution in [2.45, 2.75) is 26.3 Å². The molecule has 118 valence electrons. The molecule has 0 radical (unpaired) electrons. The molecule has 0 amide bonds. The summed E-state index contributed by atoms with van der Waals surface area (Å²) in [4.78, 5) is 8.91. The lowest BCUT2D eigenvalue weighted by Crippen LogP contribution is -2.05. The summed E-state index contributed by atoms with van der Waals surface area (Å²) in [6, 6.07) is 6.24. The molecular formula is C16H16FN5S. The highest BCUT2D eigenvalue weighted by Crippen LogP contribution is 2.20. The van der Waals surface area contributed by atoms with Gasteiger partial charge < -0.3 is 5.32 Å². The van der Waals surface area contributed by atoms with E-state index in [2.05, 4.69) is 39.3 Å². The first-order chi connectivity index (χ1) is 11.1. The second-order valence-corrected chi connectivity index (χ2v) is 6.25. The maximum absolute atomic E-state index is 13.3. The topological polar surface area (TPSA) is 63.6 Å². The second-order valence-electron chi connectivity index (χ2n) is 5.36. The Morgan fingerprint density at radius 3 is 2.87 bits per heavy atom. The van der Waals surface area contributed by atoms with Gasteiger partial charge in [0.1, 0.15) is 5.82 Å². The van der Waals surface area contributed by atoms with Crippen LogP contribution in [-0.2, 0) is 6.54 Å². The summed E-state index contributed by atoms with van der Waals surface area (Å²) >= 11 is 1.65. The van der Waals surface area contributed by atoms with Crippen LogP contribution in [0.5, 0.6) is 0 Å². The van der Waals surface area contributed by atoms with Crippen molar-refractivity contribution < 1.29 is 4.39 Å². The molecule has 0 aliphatic carbocycles. The maximum Gasteiger partial charge on any atom is 0.243 e. The zero-order valence-electron chi connectivity index (χ0n) is 12.8.